The van der Waals surface area contributed by atoms with Crippen LogP contribution < -0.4 is 11.5 Å². The Balaban J connectivity index is 2.00. The molecular weight excluding hydrogens is 259 g/mol. The molecule has 102 valence electrons. The van der Waals surface area contributed by atoms with Crippen molar-refractivity contribution < 1.29 is 8.81 Å². The van der Waals surface area contributed by atoms with Gasteiger partial charge in [-0.15, -0.1) is 0 Å². The summed E-state index contributed by atoms with van der Waals surface area (Å²) in [4.78, 5) is 11.8. The number of nitrogens with two attached hydrogens (primary N) is 1. The molecule has 0 saturated heterocycles. The van der Waals surface area contributed by atoms with Gasteiger partial charge >= 0.3 is 5.76 Å². The fourth-order valence-electron chi connectivity index (χ4n) is 2.26. The van der Waals surface area contributed by atoms with E-state index in [1.165, 1.54) is 10.6 Å². The van der Waals surface area contributed by atoms with E-state index in [4.69, 9.17) is 10.2 Å². The van der Waals surface area contributed by atoms with Gasteiger partial charge in [-0.3, -0.25) is 4.57 Å². The second-order valence-corrected chi connectivity index (χ2v) is 4.57. The first-order valence-corrected chi connectivity index (χ1v) is 6.25. The standard InChI is InChI=1S/C15H13FN2O2/c16-11-6-2-1-5-10(11)12(17)9-18-13-7-3-4-8-14(13)20-15(18)19/h1-8,12H,9,17H2. The number of nitrogens with zero attached hydrogens (tertiary/aromatic N) is 1. The lowest BCUT2D eigenvalue weighted by Crippen LogP contribution is -2.24. The Kier molecular flexibility index (Phi) is 3.12. The lowest BCUT2D eigenvalue weighted by Gasteiger charge is -2.13. The molecule has 0 radical (unpaired) electrons. The molecule has 1 unspecified atom stereocenters. The third-order valence-electron chi connectivity index (χ3n) is 3.26. The van der Waals surface area contributed by atoms with Gasteiger partial charge in [0, 0.05) is 12.1 Å². The monoisotopic (exact) mass is 272 g/mol. The lowest BCUT2D eigenvalue weighted by atomic mass is 10.1. The number of para-hydroxylation sites is 2. The number of oxazole rings is 1. The smallest absolute Gasteiger partial charge is 0.408 e. The van der Waals surface area contributed by atoms with Gasteiger partial charge in [-0.25, -0.2) is 9.18 Å². The maximum atomic E-state index is 13.7. The van der Waals surface area contributed by atoms with Gasteiger partial charge in [-0.05, 0) is 18.2 Å². The van der Waals surface area contributed by atoms with Crippen molar-refractivity contribution in [2.45, 2.75) is 12.6 Å². The summed E-state index contributed by atoms with van der Waals surface area (Å²) >= 11 is 0. The third-order valence-corrected chi connectivity index (χ3v) is 3.26. The normalized spacial score (nSPS) is 12.7. The number of hydrogen-bond donors (Lipinski definition) is 1. The van der Waals surface area contributed by atoms with Crippen LogP contribution in [-0.2, 0) is 6.54 Å². The van der Waals surface area contributed by atoms with Crippen LogP contribution in [0.3, 0.4) is 0 Å². The SMILES string of the molecule is NC(Cn1c(=O)oc2ccccc21)c1ccccc1F. The Bertz CT molecular complexity index is 807. The molecule has 4 nitrogen and oxygen atoms in total. The molecule has 0 amide bonds. The van der Waals surface area contributed by atoms with Crippen molar-refractivity contribution in [1.82, 2.24) is 4.57 Å². The largest absolute Gasteiger partial charge is 0.420 e. The van der Waals surface area contributed by atoms with E-state index in [0.29, 0.717) is 16.7 Å². The van der Waals surface area contributed by atoms with E-state index in [0.717, 1.165) is 0 Å². The van der Waals surface area contributed by atoms with Crippen LogP contribution in [0.5, 0.6) is 0 Å². The van der Waals surface area contributed by atoms with Crippen LogP contribution in [0.25, 0.3) is 11.1 Å². The highest BCUT2D eigenvalue weighted by Crippen LogP contribution is 2.18. The van der Waals surface area contributed by atoms with E-state index in [9.17, 15) is 9.18 Å². The molecule has 0 saturated carbocycles. The van der Waals surface area contributed by atoms with E-state index in [2.05, 4.69) is 0 Å². The van der Waals surface area contributed by atoms with Crippen LogP contribution in [-0.4, -0.2) is 4.57 Å². The zero-order valence-corrected chi connectivity index (χ0v) is 10.6. The molecule has 2 N–H and O–H groups in total. The molecule has 1 atom stereocenters. The van der Waals surface area contributed by atoms with Gasteiger partial charge in [0.1, 0.15) is 5.82 Å². The summed E-state index contributed by atoms with van der Waals surface area (Å²) in [6.07, 6.45) is 0. The highest BCUT2D eigenvalue weighted by Gasteiger charge is 2.15. The molecular formula is C15H13FN2O2. The number of fused-ring (bicyclic) bond motifs is 1. The Morgan fingerprint density at radius 1 is 1.15 bits per heavy atom. The number of rotatable bonds is 3. The second-order valence-electron chi connectivity index (χ2n) is 4.57. The second kappa shape index (κ2) is 4.94. The average Bonchev–Trinajstić information content (AvgIpc) is 2.76. The Morgan fingerprint density at radius 3 is 2.65 bits per heavy atom. The molecule has 2 aromatic carbocycles. The van der Waals surface area contributed by atoms with E-state index >= 15 is 0 Å². The lowest BCUT2D eigenvalue weighted by molar-refractivity contribution is 0.471. The maximum absolute atomic E-state index is 13.7. The molecule has 3 aromatic rings. The Labute approximate surface area is 114 Å². The van der Waals surface area contributed by atoms with E-state index < -0.39 is 11.8 Å². The minimum atomic E-state index is -0.616. The minimum Gasteiger partial charge on any atom is -0.408 e. The molecule has 5 heteroatoms. The first-order valence-electron chi connectivity index (χ1n) is 6.25. The fraction of sp³-hybridized carbons (Fsp3) is 0.133. The van der Waals surface area contributed by atoms with E-state index in [-0.39, 0.29) is 12.4 Å². The van der Waals surface area contributed by atoms with Crippen molar-refractivity contribution in [3.63, 3.8) is 0 Å². The van der Waals surface area contributed by atoms with Crippen LogP contribution in [0, 0.1) is 5.82 Å². The predicted octanol–water partition coefficient (Wildman–Crippen LogP) is 2.43. The summed E-state index contributed by atoms with van der Waals surface area (Å²) in [6, 6.07) is 12.7. The highest BCUT2D eigenvalue weighted by atomic mass is 19.1. The number of halogens is 1. The van der Waals surface area contributed by atoms with Crippen molar-refractivity contribution in [2.24, 2.45) is 5.73 Å². The van der Waals surface area contributed by atoms with Gasteiger partial charge in [0.15, 0.2) is 5.58 Å². The fourth-order valence-corrected chi connectivity index (χ4v) is 2.26. The number of aromatic nitrogens is 1. The van der Waals surface area contributed by atoms with E-state index in [1.54, 1.807) is 36.4 Å². The molecule has 20 heavy (non-hydrogen) atoms. The Hall–Kier alpha value is -2.40. The van der Waals surface area contributed by atoms with E-state index in [1.807, 2.05) is 6.07 Å². The van der Waals surface area contributed by atoms with Gasteiger partial charge in [-0.2, -0.15) is 0 Å². The zero-order valence-electron chi connectivity index (χ0n) is 10.6. The topological polar surface area (TPSA) is 61.2 Å². The first-order chi connectivity index (χ1) is 9.66. The predicted molar refractivity (Wildman–Crippen MR) is 73.8 cm³/mol. The van der Waals surface area contributed by atoms with Crippen molar-refractivity contribution in [3.8, 4) is 0 Å². The zero-order chi connectivity index (χ0) is 14.1. The molecule has 0 aliphatic carbocycles. The Morgan fingerprint density at radius 2 is 1.85 bits per heavy atom. The van der Waals surface area contributed by atoms with Gasteiger partial charge in [-0.1, -0.05) is 30.3 Å². The van der Waals surface area contributed by atoms with Crippen LogP contribution in [0.2, 0.25) is 0 Å². The van der Waals surface area contributed by atoms with Gasteiger partial charge < -0.3 is 10.2 Å². The number of benzene rings is 2. The van der Waals surface area contributed by atoms with Gasteiger partial charge in [0.25, 0.3) is 0 Å². The molecule has 3 rings (SSSR count). The van der Waals surface area contributed by atoms with Crippen LogP contribution in [0.1, 0.15) is 11.6 Å². The van der Waals surface area contributed by atoms with Gasteiger partial charge in [0.05, 0.1) is 11.6 Å². The van der Waals surface area contributed by atoms with Crippen molar-refractivity contribution in [3.05, 3.63) is 70.5 Å². The van der Waals surface area contributed by atoms with Gasteiger partial charge in [0.2, 0.25) is 0 Å². The summed E-state index contributed by atoms with van der Waals surface area (Å²) in [5, 5.41) is 0. The van der Waals surface area contributed by atoms with Crippen LogP contribution in [0.15, 0.2) is 57.7 Å². The number of hydrogen-bond acceptors (Lipinski definition) is 3. The molecule has 1 heterocycles. The van der Waals surface area contributed by atoms with Crippen LogP contribution >= 0.6 is 0 Å². The third kappa shape index (κ3) is 2.12. The summed E-state index contributed by atoms with van der Waals surface area (Å²) in [5.74, 6) is -0.862. The summed E-state index contributed by atoms with van der Waals surface area (Å²) in [6.45, 7) is 0.163. The molecule has 0 bridgehead atoms. The van der Waals surface area contributed by atoms with Crippen molar-refractivity contribution in [1.29, 1.82) is 0 Å². The average molecular weight is 272 g/mol. The first kappa shape index (κ1) is 12.6. The maximum Gasteiger partial charge on any atom is 0.420 e. The van der Waals surface area contributed by atoms with Crippen LogP contribution in [0.4, 0.5) is 4.39 Å². The molecule has 0 fully saturated rings. The molecule has 0 aliphatic heterocycles. The van der Waals surface area contributed by atoms with Crippen molar-refractivity contribution >= 4 is 11.1 Å². The quantitative estimate of drug-likeness (QED) is 0.796. The minimum absolute atomic E-state index is 0.163. The van der Waals surface area contributed by atoms with Crippen molar-refractivity contribution in [2.75, 3.05) is 0 Å². The summed E-state index contributed by atoms with van der Waals surface area (Å²) in [7, 11) is 0. The molecule has 0 spiro atoms. The summed E-state index contributed by atoms with van der Waals surface area (Å²) in [5.41, 5.74) is 7.54. The molecule has 1 aromatic heterocycles. The molecule has 0 aliphatic rings. The summed E-state index contributed by atoms with van der Waals surface area (Å²) < 4.78 is 20.2. The highest BCUT2D eigenvalue weighted by molar-refractivity contribution is 5.72.